The summed E-state index contributed by atoms with van der Waals surface area (Å²) in [5.74, 6) is -0.0446. The van der Waals surface area contributed by atoms with Crippen LogP contribution in [-0.4, -0.2) is 22.1 Å². The van der Waals surface area contributed by atoms with Gasteiger partial charge in [-0.05, 0) is 61.4 Å². The van der Waals surface area contributed by atoms with Gasteiger partial charge in [0.25, 0.3) is 0 Å². The summed E-state index contributed by atoms with van der Waals surface area (Å²) in [5.41, 5.74) is 10.2. The first-order valence-corrected chi connectivity index (χ1v) is 12.2. The molecule has 190 valence electrons. The number of hydrogen-bond donors (Lipinski definition) is 3. The van der Waals surface area contributed by atoms with Crippen molar-refractivity contribution in [3.63, 3.8) is 0 Å². The maximum absolute atomic E-state index is 13.8. The SMILES string of the molecule is Cc1ccc(F)c(NC(=O)Nc2ccc(-c3c(C)sc4ncnc(N)c34)cc2)c1.O=C=Nc1ccccc1. The molecule has 5 rings (SSSR count). The number of fused-ring (bicyclic) bond motifs is 1. The lowest BCUT2D eigenvalue weighted by Crippen LogP contribution is -2.20. The Kier molecular flexibility index (Phi) is 8.17. The van der Waals surface area contributed by atoms with Crippen LogP contribution in [0.15, 0.2) is 84.1 Å². The predicted octanol–water partition coefficient (Wildman–Crippen LogP) is 6.99. The van der Waals surface area contributed by atoms with Gasteiger partial charge in [-0.3, -0.25) is 0 Å². The molecule has 0 saturated heterocycles. The Bertz CT molecular complexity index is 1630. The standard InChI is InChI=1S/C21H18FN5OS.C7H5NO/c1-11-3-8-15(22)16(9-11)27-21(28)26-14-6-4-13(5-7-14)17-12(2)29-20-18(17)19(23)24-10-25-20;9-6-8-7-4-2-1-3-5-7/h3-10H,1-2H3,(H2,23,24,25)(H2,26,27,28);1-5H. The van der Waals surface area contributed by atoms with E-state index in [0.717, 1.165) is 31.8 Å². The number of thiophene rings is 1. The molecule has 2 amide bonds. The van der Waals surface area contributed by atoms with Crippen molar-refractivity contribution in [2.75, 3.05) is 16.4 Å². The third-order valence-corrected chi connectivity index (χ3v) is 6.44. The number of rotatable bonds is 4. The number of halogens is 1. The Morgan fingerprint density at radius 1 is 1.00 bits per heavy atom. The Morgan fingerprint density at radius 2 is 1.74 bits per heavy atom. The molecule has 2 aromatic heterocycles. The molecule has 10 heteroatoms. The minimum absolute atomic E-state index is 0.134. The van der Waals surface area contributed by atoms with Crippen LogP contribution in [0.3, 0.4) is 0 Å². The average Bonchev–Trinajstić information content (AvgIpc) is 3.25. The highest BCUT2D eigenvalue weighted by Crippen LogP contribution is 2.39. The fourth-order valence-electron chi connectivity index (χ4n) is 3.71. The lowest BCUT2D eigenvalue weighted by Gasteiger charge is -2.10. The van der Waals surface area contributed by atoms with Gasteiger partial charge in [0.05, 0.1) is 16.8 Å². The average molecular weight is 527 g/mol. The molecule has 8 nitrogen and oxygen atoms in total. The number of carbonyl (C=O) groups excluding carboxylic acids is 2. The summed E-state index contributed by atoms with van der Waals surface area (Å²) in [5, 5.41) is 6.07. The first-order chi connectivity index (χ1) is 18.4. The minimum atomic E-state index is -0.517. The number of nitrogens with one attached hydrogen (secondary N) is 2. The molecule has 5 aromatic rings. The van der Waals surface area contributed by atoms with Crippen LogP contribution in [0.4, 0.5) is 32.1 Å². The Balaban J connectivity index is 0.000000317. The molecule has 0 atom stereocenters. The second-order valence-electron chi connectivity index (χ2n) is 8.15. The van der Waals surface area contributed by atoms with E-state index >= 15 is 0 Å². The largest absolute Gasteiger partial charge is 0.383 e. The van der Waals surface area contributed by atoms with Gasteiger partial charge in [-0.2, -0.15) is 4.99 Å². The van der Waals surface area contributed by atoms with E-state index in [9.17, 15) is 14.0 Å². The van der Waals surface area contributed by atoms with Gasteiger partial charge in [0, 0.05) is 16.1 Å². The first-order valence-electron chi connectivity index (χ1n) is 11.4. The summed E-state index contributed by atoms with van der Waals surface area (Å²) in [6.07, 6.45) is 2.92. The number of isocyanates is 1. The Morgan fingerprint density at radius 3 is 2.45 bits per heavy atom. The van der Waals surface area contributed by atoms with E-state index < -0.39 is 11.8 Å². The number of nitrogens with two attached hydrogens (primary N) is 1. The number of hydrogen-bond acceptors (Lipinski definition) is 7. The van der Waals surface area contributed by atoms with Gasteiger partial charge in [-0.15, -0.1) is 11.3 Å². The van der Waals surface area contributed by atoms with Crippen LogP contribution < -0.4 is 16.4 Å². The lowest BCUT2D eigenvalue weighted by molar-refractivity contribution is 0.262. The van der Waals surface area contributed by atoms with Gasteiger partial charge >= 0.3 is 6.03 Å². The number of amides is 2. The Labute approximate surface area is 222 Å². The number of para-hydroxylation sites is 1. The van der Waals surface area contributed by atoms with Crippen LogP contribution in [0.5, 0.6) is 0 Å². The summed E-state index contributed by atoms with van der Waals surface area (Å²) in [4.78, 5) is 35.6. The second kappa shape index (κ2) is 11.9. The van der Waals surface area contributed by atoms with Crippen molar-refractivity contribution in [3.05, 3.63) is 95.4 Å². The third-order valence-electron chi connectivity index (χ3n) is 5.43. The molecule has 2 heterocycles. The van der Waals surface area contributed by atoms with Crippen molar-refractivity contribution in [1.29, 1.82) is 0 Å². The van der Waals surface area contributed by atoms with E-state index in [4.69, 9.17) is 5.73 Å². The molecule has 0 aliphatic heterocycles. The molecule has 0 fully saturated rings. The highest BCUT2D eigenvalue weighted by molar-refractivity contribution is 7.19. The molecular weight excluding hydrogens is 503 g/mol. The number of nitrogen functional groups attached to an aromatic ring is 1. The minimum Gasteiger partial charge on any atom is -0.383 e. The summed E-state index contributed by atoms with van der Waals surface area (Å²) in [6.45, 7) is 3.84. The molecule has 0 spiro atoms. The summed E-state index contributed by atoms with van der Waals surface area (Å²) >= 11 is 1.56. The van der Waals surface area contributed by atoms with Crippen molar-refractivity contribution < 1.29 is 14.0 Å². The highest BCUT2D eigenvalue weighted by Gasteiger charge is 2.15. The molecule has 0 unspecified atom stereocenters. The van der Waals surface area contributed by atoms with Gasteiger partial charge in [-0.1, -0.05) is 36.4 Å². The summed E-state index contributed by atoms with van der Waals surface area (Å²) in [6, 6.07) is 20.4. The maximum Gasteiger partial charge on any atom is 0.323 e. The van der Waals surface area contributed by atoms with Crippen LogP contribution in [0.1, 0.15) is 10.4 Å². The smallest absolute Gasteiger partial charge is 0.323 e. The number of aromatic nitrogens is 2. The Hall–Kier alpha value is -4.92. The quantitative estimate of drug-likeness (QED) is 0.172. The zero-order chi connectivity index (χ0) is 27.1. The summed E-state index contributed by atoms with van der Waals surface area (Å²) < 4.78 is 13.8. The van der Waals surface area contributed by atoms with Gasteiger partial charge in [0.2, 0.25) is 6.08 Å². The highest BCUT2D eigenvalue weighted by atomic mass is 32.1. The summed E-state index contributed by atoms with van der Waals surface area (Å²) in [7, 11) is 0. The van der Waals surface area contributed by atoms with E-state index in [2.05, 4.69) is 25.6 Å². The topological polar surface area (TPSA) is 122 Å². The monoisotopic (exact) mass is 526 g/mol. The van der Waals surface area contributed by atoms with Crippen molar-refractivity contribution in [2.24, 2.45) is 4.99 Å². The molecule has 0 aliphatic carbocycles. The second-order valence-corrected chi connectivity index (χ2v) is 9.35. The van der Waals surface area contributed by atoms with Gasteiger partial charge in [0.1, 0.15) is 22.8 Å². The van der Waals surface area contributed by atoms with Crippen molar-refractivity contribution in [2.45, 2.75) is 13.8 Å². The number of anilines is 3. The number of aryl methyl sites for hydroxylation is 2. The first kappa shape index (κ1) is 26.2. The van der Waals surface area contributed by atoms with Crippen LogP contribution in [0.25, 0.3) is 21.3 Å². The molecular formula is C28H23FN6O2S. The number of aliphatic imine (C=N–C) groups is 1. The molecule has 0 radical (unpaired) electrons. The number of benzene rings is 3. The number of urea groups is 1. The van der Waals surface area contributed by atoms with Gasteiger partial charge in [-0.25, -0.2) is 23.9 Å². The molecule has 0 aliphatic rings. The third kappa shape index (κ3) is 6.25. The fourth-order valence-corrected chi connectivity index (χ4v) is 4.73. The van der Waals surface area contributed by atoms with E-state index in [1.807, 2.05) is 44.2 Å². The van der Waals surface area contributed by atoms with Crippen molar-refractivity contribution >= 4 is 56.5 Å². The van der Waals surface area contributed by atoms with Crippen molar-refractivity contribution in [3.8, 4) is 11.1 Å². The van der Waals surface area contributed by atoms with Crippen LogP contribution >= 0.6 is 11.3 Å². The molecule has 0 bridgehead atoms. The molecule has 38 heavy (non-hydrogen) atoms. The van der Waals surface area contributed by atoms with Crippen molar-refractivity contribution in [1.82, 2.24) is 9.97 Å². The normalized spacial score (nSPS) is 10.2. The van der Waals surface area contributed by atoms with Gasteiger partial charge in [0.15, 0.2) is 0 Å². The fraction of sp³-hybridized carbons (Fsp3) is 0.0714. The van der Waals surface area contributed by atoms with Crippen LogP contribution in [0.2, 0.25) is 0 Å². The van der Waals surface area contributed by atoms with Crippen LogP contribution in [0, 0.1) is 19.7 Å². The lowest BCUT2D eigenvalue weighted by atomic mass is 10.0. The predicted molar refractivity (Wildman–Crippen MR) is 150 cm³/mol. The molecule has 0 saturated carbocycles. The molecule has 3 aromatic carbocycles. The van der Waals surface area contributed by atoms with Gasteiger partial charge < -0.3 is 16.4 Å². The zero-order valence-electron chi connectivity index (χ0n) is 20.5. The van der Waals surface area contributed by atoms with E-state index in [1.165, 1.54) is 18.5 Å². The zero-order valence-corrected chi connectivity index (χ0v) is 21.3. The molecule has 4 N–H and O–H groups in total. The van der Waals surface area contributed by atoms with E-state index in [0.29, 0.717) is 17.2 Å². The number of carbonyl (C=O) groups is 1. The van der Waals surface area contributed by atoms with Crippen LogP contribution in [-0.2, 0) is 4.79 Å². The van der Waals surface area contributed by atoms with E-state index in [-0.39, 0.29) is 5.69 Å². The maximum atomic E-state index is 13.8. The number of nitrogens with zero attached hydrogens (tertiary/aromatic N) is 3. The van der Waals surface area contributed by atoms with E-state index in [1.54, 1.807) is 47.7 Å².